The van der Waals surface area contributed by atoms with Crippen molar-refractivity contribution in [2.75, 3.05) is 6.54 Å². The summed E-state index contributed by atoms with van der Waals surface area (Å²) in [4.78, 5) is 23.2. The smallest absolute Gasteiger partial charge is 0.254 e. The number of fused-ring (bicyclic) bond motifs is 1. The van der Waals surface area contributed by atoms with Gasteiger partial charge in [-0.1, -0.05) is 0 Å². The number of carbonyl (C=O) groups is 1. The van der Waals surface area contributed by atoms with Crippen LogP contribution in [-0.2, 0) is 13.1 Å². The minimum absolute atomic E-state index is 0.0324. The molecule has 3 aromatic heterocycles. The van der Waals surface area contributed by atoms with E-state index in [0.717, 1.165) is 33.8 Å². The summed E-state index contributed by atoms with van der Waals surface area (Å²) in [5.41, 5.74) is 6.00. The summed E-state index contributed by atoms with van der Waals surface area (Å²) in [7, 11) is 0. The lowest BCUT2D eigenvalue weighted by molar-refractivity contribution is 0.0706. The van der Waals surface area contributed by atoms with E-state index in [1.165, 1.54) is 12.1 Å². The second kappa shape index (κ2) is 7.75. The van der Waals surface area contributed by atoms with Gasteiger partial charge in [-0.05, 0) is 61.0 Å². The molecule has 4 heterocycles. The lowest BCUT2D eigenvalue weighted by Gasteiger charge is -2.28. The second-order valence-electron chi connectivity index (χ2n) is 7.55. The highest BCUT2D eigenvalue weighted by molar-refractivity contribution is 5.94. The zero-order valence-electron chi connectivity index (χ0n) is 17.0. The molecule has 4 aromatic rings. The molecular weight excluding hydrogens is 393 g/mol. The molecule has 31 heavy (non-hydrogen) atoms. The van der Waals surface area contributed by atoms with Crippen molar-refractivity contribution >= 4 is 5.91 Å². The van der Waals surface area contributed by atoms with E-state index >= 15 is 0 Å². The molecule has 1 amide bonds. The molecule has 0 spiro atoms. The first-order valence-corrected chi connectivity index (χ1v) is 10.1. The molecule has 1 aromatic carbocycles. The van der Waals surface area contributed by atoms with Crippen molar-refractivity contribution in [3.8, 4) is 22.4 Å². The zero-order valence-corrected chi connectivity index (χ0v) is 17.0. The number of pyridine rings is 2. The van der Waals surface area contributed by atoms with E-state index in [2.05, 4.69) is 9.97 Å². The standard InChI is InChI=1S/C24H20FN5O/c1-16-14-19(8-11-27-16)22-21-15-29(24(31)18-6-9-26-10-7-18)12-13-30(21)28-23(22)17-2-4-20(25)5-3-17/h2-11,14H,12-13,15H2,1H3. The van der Waals surface area contributed by atoms with Crippen molar-refractivity contribution in [2.24, 2.45) is 0 Å². The number of aryl methyl sites for hydroxylation is 1. The van der Waals surface area contributed by atoms with Gasteiger partial charge in [-0.25, -0.2) is 4.39 Å². The van der Waals surface area contributed by atoms with Crippen LogP contribution >= 0.6 is 0 Å². The molecule has 0 unspecified atom stereocenters. The Morgan fingerprint density at radius 3 is 2.48 bits per heavy atom. The monoisotopic (exact) mass is 413 g/mol. The Balaban J connectivity index is 1.61. The number of benzene rings is 1. The van der Waals surface area contributed by atoms with Crippen LogP contribution in [0.4, 0.5) is 4.39 Å². The maximum Gasteiger partial charge on any atom is 0.254 e. The molecule has 0 N–H and O–H groups in total. The van der Waals surface area contributed by atoms with E-state index in [4.69, 9.17) is 5.10 Å². The van der Waals surface area contributed by atoms with Gasteiger partial charge < -0.3 is 4.90 Å². The maximum atomic E-state index is 13.5. The van der Waals surface area contributed by atoms with Gasteiger partial charge in [0.25, 0.3) is 5.91 Å². The molecule has 0 radical (unpaired) electrons. The number of carbonyl (C=O) groups excluding carboxylic acids is 1. The third kappa shape index (κ3) is 3.59. The van der Waals surface area contributed by atoms with Crippen LogP contribution < -0.4 is 0 Å². The molecule has 0 atom stereocenters. The molecule has 1 aliphatic rings. The van der Waals surface area contributed by atoms with Crippen LogP contribution in [0.3, 0.4) is 0 Å². The fourth-order valence-electron chi connectivity index (χ4n) is 3.98. The minimum atomic E-state index is -0.289. The SMILES string of the molecule is Cc1cc(-c2c(-c3ccc(F)cc3)nn3c2CN(C(=O)c2ccncc2)CC3)ccn1. The molecule has 1 aliphatic heterocycles. The Morgan fingerprint density at radius 1 is 0.968 bits per heavy atom. The van der Waals surface area contributed by atoms with Crippen LogP contribution in [-0.4, -0.2) is 37.1 Å². The summed E-state index contributed by atoms with van der Waals surface area (Å²) in [5.74, 6) is -0.321. The summed E-state index contributed by atoms with van der Waals surface area (Å²) in [6, 6.07) is 13.8. The lowest BCUT2D eigenvalue weighted by atomic mass is 9.98. The number of amides is 1. The number of halogens is 1. The first-order chi connectivity index (χ1) is 15.1. The van der Waals surface area contributed by atoms with E-state index in [-0.39, 0.29) is 11.7 Å². The van der Waals surface area contributed by atoms with Crippen LogP contribution in [0.15, 0.2) is 67.1 Å². The highest BCUT2D eigenvalue weighted by Crippen LogP contribution is 2.37. The van der Waals surface area contributed by atoms with Crippen molar-refractivity contribution < 1.29 is 9.18 Å². The zero-order chi connectivity index (χ0) is 21.4. The fourth-order valence-corrected chi connectivity index (χ4v) is 3.98. The van der Waals surface area contributed by atoms with E-state index in [0.29, 0.717) is 25.2 Å². The van der Waals surface area contributed by atoms with Crippen LogP contribution in [0.5, 0.6) is 0 Å². The first kappa shape index (κ1) is 19.1. The van der Waals surface area contributed by atoms with Crippen molar-refractivity contribution in [1.82, 2.24) is 24.6 Å². The predicted octanol–water partition coefficient (Wildman–Crippen LogP) is 4.11. The number of nitrogens with zero attached hydrogens (tertiary/aromatic N) is 5. The summed E-state index contributed by atoms with van der Waals surface area (Å²) in [5, 5.41) is 4.85. The Labute approximate surface area is 179 Å². The van der Waals surface area contributed by atoms with Crippen LogP contribution in [0, 0.1) is 12.7 Å². The second-order valence-corrected chi connectivity index (χ2v) is 7.55. The highest BCUT2D eigenvalue weighted by Gasteiger charge is 2.28. The van der Waals surface area contributed by atoms with Crippen LogP contribution in [0.2, 0.25) is 0 Å². The summed E-state index contributed by atoms with van der Waals surface area (Å²) >= 11 is 0. The van der Waals surface area contributed by atoms with Gasteiger partial charge in [0, 0.05) is 47.5 Å². The van der Waals surface area contributed by atoms with E-state index < -0.39 is 0 Å². The number of hydrogen-bond acceptors (Lipinski definition) is 4. The lowest BCUT2D eigenvalue weighted by Crippen LogP contribution is -2.38. The molecule has 0 saturated heterocycles. The third-order valence-corrected chi connectivity index (χ3v) is 5.50. The van der Waals surface area contributed by atoms with Crippen LogP contribution in [0.25, 0.3) is 22.4 Å². The topological polar surface area (TPSA) is 63.9 Å². The van der Waals surface area contributed by atoms with E-state index in [1.54, 1.807) is 42.9 Å². The summed E-state index contributed by atoms with van der Waals surface area (Å²) in [6.45, 7) is 3.53. The molecule has 0 fully saturated rings. The average Bonchev–Trinajstić information content (AvgIpc) is 3.18. The van der Waals surface area contributed by atoms with Gasteiger partial charge in [-0.3, -0.25) is 19.4 Å². The van der Waals surface area contributed by atoms with Gasteiger partial charge in [0.2, 0.25) is 0 Å². The molecule has 6 nitrogen and oxygen atoms in total. The van der Waals surface area contributed by atoms with Gasteiger partial charge in [-0.2, -0.15) is 5.10 Å². The normalized spacial score (nSPS) is 13.2. The predicted molar refractivity (Wildman–Crippen MR) is 115 cm³/mol. The van der Waals surface area contributed by atoms with E-state index in [1.807, 2.05) is 28.6 Å². The number of hydrogen-bond donors (Lipinski definition) is 0. The largest absolute Gasteiger partial charge is 0.331 e. The van der Waals surface area contributed by atoms with Crippen molar-refractivity contribution in [3.63, 3.8) is 0 Å². The third-order valence-electron chi connectivity index (χ3n) is 5.50. The van der Waals surface area contributed by atoms with Crippen molar-refractivity contribution in [3.05, 3.63) is 89.9 Å². The van der Waals surface area contributed by atoms with Gasteiger partial charge in [0.05, 0.1) is 18.8 Å². The van der Waals surface area contributed by atoms with E-state index in [9.17, 15) is 9.18 Å². The molecule has 5 rings (SSSR count). The quantitative estimate of drug-likeness (QED) is 0.507. The van der Waals surface area contributed by atoms with Crippen molar-refractivity contribution in [1.29, 1.82) is 0 Å². The molecule has 7 heteroatoms. The highest BCUT2D eigenvalue weighted by atomic mass is 19.1. The molecule has 0 aliphatic carbocycles. The van der Waals surface area contributed by atoms with Gasteiger partial charge in [0.1, 0.15) is 11.5 Å². The fraction of sp³-hybridized carbons (Fsp3) is 0.167. The summed E-state index contributed by atoms with van der Waals surface area (Å²) < 4.78 is 15.5. The Kier molecular flexibility index (Phi) is 4.78. The summed E-state index contributed by atoms with van der Waals surface area (Å²) in [6.07, 6.45) is 5.02. The van der Waals surface area contributed by atoms with Gasteiger partial charge >= 0.3 is 0 Å². The molecule has 0 bridgehead atoms. The number of aromatic nitrogens is 4. The Bertz CT molecular complexity index is 1250. The Hall–Kier alpha value is -3.87. The minimum Gasteiger partial charge on any atom is -0.331 e. The van der Waals surface area contributed by atoms with Gasteiger partial charge in [-0.15, -0.1) is 0 Å². The average molecular weight is 413 g/mol. The van der Waals surface area contributed by atoms with Gasteiger partial charge in [0.15, 0.2) is 0 Å². The van der Waals surface area contributed by atoms with Crippen LogP contribution in [0.1, 0.15) is 21.7 Å². The van der Waals surface area contributed by atoms with Crippen molar-refractivity contribution in [2.45, 2.75) is 20.0 Å². The molecular formula is C24H20FN5O. The number of rotatable bonds is 3. The maximum absolute atomic E-state index is 13.5. The Morgan fingerprint density at radius 2 is 1.74 bits per heavy atom. The molecule has 0 saturated carbocycles. The molecule has 154 valence electrons. The first-order valence-electron chi connectivity index (χ1n) is 10.1.